The van der Waals surface area contributed by atoms with E-state index >= 15 is 0 Å². The molecule has 1 N–H and O–H groups in total. The van der Waals surface area contributed by atoms with Crippen molar-refractivity contribution < 1.29 is 19.0 Å². The second kappa shape index (κ2) is 10.9. The van der Waals surface area contributed by atoms with Gasteiger partial charge in [0.25, 0.3) is 0 Å². The van der Waals surface area contributed by atoms with E-state index < -0.39 is 6.10 Å². The average molecular weight is 516 g/mol. The molecule has 2 aliphatic rings. The van der Waals surface area contributed by atoms with Crippen LogP contribution < -0.4 is 0 Å². The number of carbonyl (C=O) groups excluding carboxylic acids is 1. The lowest BCUT2D eigenvalue weighted by Gasteiger charge is -2.20. The molecule has 1 heterocycles. The largest absolute Gasteiger partial charge is 0.465 e. The molecule has 1 aliphatic heterocycles. The first kappa shape index (κ1) is 24.1. The average Bonchev–Trinajstić information content (AvgIpc) is 3.25. The molecule has 1 saturated heterocycles. The van der Waals surface area contributed by atoms with E-state index in [-0.39, 0.29) is 18.6 Å². The number of halogens is 2. The van der Waals surface area contributed by atoms with E-state index in [4.69, 9.17) is 4.74 Å². The summed E-state index contributed by atoms with van der Waals surface area (Å²) in [6.07, 6.45) is 3.80. The molecule has 0 amide bonds. The third kappa shape index (κ3) is 5.39. The summed E-state index contributed by atoms with van der Waals surface area (Å²) < 4.78 is 18.5. The molecule has 33 heavy (non-hydrogen) atoms. The van der Waals surface area contributed by atoms with Crippen LogP contribution in [0.3, 0.4) is 0 Å². The summed E-state index contributed by atoms with van der Waals surface area (Å²) in [6.45, 7) is 2.21. The zero-order chi connectivity index (χ0) is 23.4. The Kier molecular flexibility index (Phi) is 7.99. The SMILES string of the molecule is COC(=O)c1ccc2c(c1)CCCC(Br)=C2c1ccc(C(O)C2CCN(CCCF)C2)cc1. The monoisotopic (exact) mass is 515 g/mol. The van der Waals surface area contributed by atoms with Crippen molar-refractivity contribution in [2.75, 3.05) is 33.4 Å². The number of methoxy groups -OCH3 is 1. The van der Waals surface area contributed by atoms with Gasteiger partial charge in [-0.1, -0.05) is 46.3 Å². The first-order valence-electron chi connectivity index (χ1n) is 11.7. The summed E-state index contributed by atoms with van der Waals surface area (Å²) in [7, 11) is 1.40. The van der Waals surface area contributed by atoms with E-state index in [1.165, 1.54) is 7.11 Å². The van der Waals surface area contributed by atoms with Gasteiger partial charge in [0.05, 0.1) is 25.5 Å². The van der Waals surface area contributed by atoms with Gasteiger partial charge in [-0.15, -0.1) is 0 Å². The number of ether oxygens (including phenoxy) is 1. The van der Waals surface area contributed by atoms with E-state index in [0.29, 0.717) is 12.0 Å². The summed E-state index contributed by atoms with van der Waals surface area (Å²) >= 11 is 3.81. The van der Waals surface area contributed by atoms with Crippen LogP contribution in [-0.4, -0.2) is 49.4 Å². The van der Waals surface area contributed by atoms with Gasteiger partial charge in [-0.25, -0.2) is 4.79 Å². The first-order chi connectivity index (χ1) is 16.0. The summed E-state index contributed by atoms with van der Waals surface area (Å²) in [6, 6.07) is 14.0. The molecule has 2 unspecified atom stereocenters. The second-order valence-electron chi connectivity index (χ2n) is 8.96. The summed E-state index contributed by atoms with van der Waals surface area (Å²) in [5.74, 6) is -0.142. The molecule has 0 spiro atoms. The van der Waals surface area contributed by atoms with E-state index in [0.717, 1.165) is 77.6 Å². The van der Waals surface area contributed by atoms with E-state index in [1.807, 2.05) is 30.3 Å². The molecular formula is C27H31BrFNO3. The maximum absolute atomic E-state index is 12.5. The highest BCUT2D eigenvalue weighted by Gasteiger charge is 2.29. The zero-order valence-electron chi connectivity index (χ0n) is 19.0. The number of rotatable bonds is 7. The van der Waals surface area contributed by atoms with Crippen molar-refractivity contribution in [1.29, 1.82) is 0 Å². The Morgan fingerprint density at radius 2 is 2.03 bits per heavy atom. The fourth-order valence-corrected chi connectivity index (χ4v) is 5.76. The van der Waals surface area contributed by atoms with Gasteiger partial charge < -0.3 is 14.7 Å². The van der Waals surface area contributed by atoms with Crippen LogP contribution in [-0.2, 0) is 11.2 Å². The standard InChI is InChI=1S/C27H31BrFNO3/c1-33-27(32)21-10-11-23-20(16-21)4-2-5-24(28)25(23)18-6-8-19(9-7-18)26(31)22-12-15-30(17-22)14-3-13-29/h6-11,16,22,26,31H,2-5,12-15,17H2,1H3. The fourth-order valence-electron chi connectivity index (χ4n) is 5.03. The van der Waals surface area contributed by atoms with Gasteiger partial charge in [0, 0.05) is 23.5 Å². The number of esters is 1. The van der Waals surface area contributed by atoms with Crippen LogP contribution in [0.1, 0.15) is 64.4 Å². The molecule has 4 rings (SSSR count). The molecule has 0 bridgehead atoms. The number of aliphatic hydroxyl groups excluding tert-OH is 1. The van der Waals surface area contributed by atoms with Crippen molar-refractivity contribution in [2.45, 2.75) is 38.2 Å². The van der Waals surface area contributed by atoms with Crippen molar-refractivity contribution in [2.24, 2.45) is 5.92 Å². The van der Waals surface area contributed by atoms with Gasteiger partial charge in [-0.3, -0.25) is 4.39 Å². The number of allylic oxidation sites excluding steroid dienone is 1. The lowest BCUT2D eigenvalue weighted by atomic mass is 9.90. The molecule has 1 fully saturated rings. The number of benzene rings is 2. The van der Waals surface area contributed by atoms with Gasteiger partial charge in [0.1, 0.15) is 0 Å². The smallest absolute Gasteiger partial charge is 0.337 e. The number of likely N-dealkylation sites (tertiary alicyclic amines) is 1. The predicted octanol–water partition coefficient (Wildman–Crippen LogP) is 5.68. The van der Waals surface area contributed by atoms with Crippen molar-refractivity contribution in [3.05, 3.63) is 74.8 Å². The molecule has 6 heteroatoms. The van der Waals surface area contributed by atoms with Crippen molar-refractivity contribution in [1.82, 2.24) is 4.90 Å². The number of aliphatic hydroxyl groups is 1. The Balaban J connectivity index is 1.55. The number of alkyl halides is 1. The number of hydrogen-bond acceptors (Lipinski definition) is 4. The van der Waals surface area contributed by atoms with E-state index in [1.54, 1.807) is 0 Å². The molecule has 2 aromatic rings. The number of hydrogen-bond donors (Lipinski definition) is 1. The lowest BCUT2D eigenvalue weighted by molar-refractivity contribution is 0.0600. The minimum atomic E-state index is -0.518. The Labute approximate surface area is 203 Å². The Hall–Kier alpha value is -2.02. The molecule has 0 radical (unpaired) electrons. The van der Waals surface area contributed by atoms with Crippen LogP contribution in [0.25, 0.3) is 5.57 Å². The summed E-state index contributed by atoms with van der Waals surface area (Å²) in [5.41, 5.74) is 5.98. The minimum absolute atomic E-state index is 0.178. The van der Waals surface area contributed by atoms with Gasteiger partial charge in [-0.2, -0.15) is 0 Å². The normalized spacial score (nSPS) is 19.8. The molecular weight excluding hydrogens is 485 g/mol. The topological polar surface area (TPSA) is 49.8 Å². The third-order valence-corrected chi connectivity index (χ3v) is 7.61. The van der Waals surface area contributed by atoms with Gasteiger partial charge in [0.2, 0.25) is 0 Å². The summed E-state index contributed by atoms with van der Waals surface area (Å²) in [4.78, 5) is 14.2. The van der Waals surface area contributed by atoms with Crippen LogP contribution in [0.2, 0.25) is 0 Å². The maximum Gasteiger partial charge on any atom is 0.337 e. The van der Waals surface area contributed by atoms with Crippen LogP contribution in [0, 0.1) is 5.92 Å². The van der Waals surface area contributed by atoms with Crippen LogP contribution in [0.5, 0.6) is 0 Å². The van der Waals surface area contributed by atoms with Crippen LogP contribution >= 0.6 is 15.9 Å². The molecule has 4 nitrogen and oxygen atoms in total. The fraction of sp³-hybridized carbons (Fsp3) is 0.444. The van der Waals surface area contributed by atoms with Crippen LogP contribution in [0.4, 0.5) is 4.39 Å². The molecule has 1 aliphatic carbocycles. The van der Waals surface area contributed by atoms with Crippen molar-refractivity contribution >= 4 is 27.5 Å². The van der Waals surface area contributed by atoms with Crippen molar-refractivity contribution in [3.8, 4) is 0 Å². The number of carbonyl (C=O) groups is 1. The Morgan fingerprint density at radius 3 is 2.76 bits per heavy atom. The Morgan fingerprint density at radius 1 is 1.24 bits per heavy atom. The lowest BCUT2D eigenvalue weighted by Crippen LogP contribution is -2.24. The van der Waals surface area contributed by atoms with Crippen molar-refractivity contribution in [3.63, 3.8) is 0 Å². The third-order valence-electron chi connectivity index (χ3n) is 6.81. The van der Waals surface area contributed by atoms with Crippen LogP contribution in [0.15, 0.2) is 46.9 Å². The number of nitrogens with zero attached hydrogens (tertiary/aromatic N) is 1. The zero-order valence-corrected chi connectivity index (χ0v) is 20.6. The summed E-state index contributed by atoms with van der Waals surface area (Å²) in [5, 5.41) is 11.0. The number of fused-ring (bicyclic) bond motifs is 1. The molecule has 0 aromatic heterocycles. The highest BCUT2D eigenvalue weighted by molar-refractivity contribution is 9.11. The van der Waals surface area contributed by atoms with Gasteiger partial charge in [-0.05, 0) is 78.6 Å². The molecule has 2 atom stereocenters. The first-order valence-corrected chi connectivity index (χ1v) is 12.5. The minimum Gasteiger partial charge on any atom is -0.465 e. The quantitative estimate of drug-likeness (QED) is 0.482. The van der Waals surface area contributed by atoms with Gasteiger partial charge >= 0.3 is 5.97 Å². The maximum atomic E-state index is 12.5. The Bertz CT molecular complexity index is 1020. The van der Waals surface area contributed by atoms with Gasteiger partial charge in [0.15, 0.2) is 0 Å². The number of aryl methyl sites for hydroxylation is 1. The van der Waals surface area contributed by atoms with E-state index in [2.05, 4.69) is 33.0 Å². The molecule has 176 valence electrons. The predicted molar refractivity (Wildman–Crippen MR) is 132 cm³/mol. The highest BCUT2D eigenvalue weighted by atomic mass is 79.9. The molecule has 2 aromatic carbocycles. The second-order valence-corrected chi connectivity index (χ2v) is 9.91. The highest BCUT2D eigenvalue weighted by Crippen LogP contribution is 2.39. The molecule has 0 saturated carbocycles. The van der Waals surface area contributed by atoms with E-state index in [9.17, 15) is 14.3 Å².